The summed E-state index contributed by atoms with van der Waals surface area (Å²) in [5.74, 6) is -2.14. The Bertz CT molecular complexity index is 485. The predicted octanol–water partition coefficient (Wildman–Crippen LogP) is 0.419. The van der Waals surface area contributed by atoms with Gasteiger partial charge in [0.25, 0.3) is 5.91 Å². The van der Waals surface area contributed by atoms with Crippen molar-refractivity contribution in [1.82, 2.24) is 15.1 Å². The molecule has 0 aromatic heterocycles. The average molecular weight is 313 g/mol. The zero-order chi connectivity index (χ0) is 17.1. The molecule has 0 aromatic carbocycles. The lowest BCUT2D eigenvalue weighted by Crippen LogP contribution is -2.49. The molecule has 1 aliphatic heterocycles. The van der Waals surface area contributed by atoms with E-state index in [9.17, 15) is 19.2 Å². The van der Waals surface area contributed by atoms with Gasteiger partial charge in [0, 0.05) is 6.04 Å². The maximum absolute atomic E-state index is 12.4. The first-order valence-corrected chi connectivity index (χ1v) is 7.33. The van der Waals surface area contributed by atoms with Gasteiger partial charge in [0.1, 0.15) is 18.6 Å². The summed E-state index contributed by atoms with van der Waals surface area (Å²) in [4.78, 5) is 49.4. The Kier molecular flexibility index (Phi) is 5.51. The molecule has 22 heavy (non-hydrogen) atoms. The van der Waals surface area contributed by atoms with Gasteiger partial charge in [-0.25, -0.2) is 4.79 Å². The van der Waals surface area contributed by atoms with Gasteiger partial charge in [-0.1, -0.05) is 13.8 Å². The van der Waals surface area contributed by atoms with Crippen molar-refractivity contribution >= 4 is 23.8 Å². The largest absolute Gasteiger partial charge is 0.480 e. The topological polar surface area (TPSA) is 107 Å². The van der Waals surface area contributed by atoms with E-state index in [0.29, 0.717) is 12.8 Å². The summed E-state index contributed by atoms with van der Waals surface area (Å²) in [6.07, 6.45) is 0.865. The van der Waals surface area contributed by atoms with Crippen LogP contribution in [-0.2, 0) is 14.4 Å². The van der Waals surface area contributed by atoms with E-state index < -0.39 is 42.4 Å². The highest BCUT2D eigenvalue weighted by Crippen LogP contribution is 2.24. The molecule has 0 saturated carbocycles. The Morgan fingerprint density at radius 2 is 1.82 bits per heavy atom. The van der Waals surface area contributed by atoms with Crippen molar-refractivity contribution in [2.24, 2.45) is 0 Å². The second kappa shape index (κ2) is 6.76. The van der Waals surface area contributed by atoms with Crippen LogP contribution >= 0.6 is 0 Å². The van der Waals surface area contributed by atoms with Crippen molar-refractivity contribution < 1.29 is 24.3 Å². The highest BCUT2D eigenvalue weighted by Gasteiger charge is 2.49. The van der Waals surface area contributed by atoms with E-state index in [-0.39, 0.29) is 6.04 Å². The smallest absolute Gasteiger partial charge is 0.325 e. The van der Waals surface area contributed by atoms with Gasteiger partial charge in [-0.2, -0.15) is 0 Å². The number of hydrogen-bond donors (Lipinski definition) is 2. The highest BCUT2D eigenvalue weighted by molar-refractivity contribution is 6.09. The molecular formula is C14H23N3O5. The number of nitrogens with one attached hydrogen (secondary N) is 1. The maximum Gasteiger partial charge on any atom is 0.325 e. The van der Waals surface area contributed by atoms with E-state index in [0.717, 1.165) is 9.80 Å². The van der Waals surface area contributed by atoms with Gasteiger partial charge in [-0.15, -0.1) is 0 Å². The first kappa shape index (κ1) is 17.9. The second-order valence-corrected chi connectivity index (χ2v) is 5.62. The molecule has 1 saturated heterocycles. The zero-order valence-electron chi connectivity index (χ0n) is 13.4. The molecule has 1 aliphatic rings. The first-order valence-electron chi connectivity index (χ1n) is 7.33. The van der Waals surface area contributed by atoms with Crippen LogP contribution in [0, 0.1) is 0 Å². The van der Waals surface area contributed by atoms with Crippen molar-refractivity contribution in [1.29, 1.82) is 0 Å². The minimum absolute atomic E-state index is 0.341. The van der Waals surface area contributed by atoms with Crippen LogP contribution in [0.4, 0.5) is 4.79 Å². The zero-order valence-corrected chi connectivity index (χ0v) is 13.4. The summed E-state index contributed by atoms with van der Waals surface area (Å²) in [5, 5.41) is 11.5. The Morgan fingerprint density at radius 1 is 1.27 bits per heavy atom. The van der Waals surface area contributed by atoms with Gasteiger partial charge in [0.05, 0.1) is 0 Å². The lowest BCUT2D eigenvalue weighted by atomic mass is 9.93. The molecule has 0 unspecified atom stereocenters. The van der Waals surface area contributed by atoms with E-state index in [2.05, 4.69) is 5.32 Å². The number of carbonyl (C=O) groups excluding carboxylic acids is 3. The summed E-state index contributed by atoms with van der Waals surface area (Å²) in [7, 11) is 0. The number of rotatable bonds is 7. The average Bonchev–Trinajstić information content (AvgIpc) is 2.68. The molecular weight excluding hydrogens is 290 g/mol. The van der Waals surface area contributed by atoms with Crippen LogP contribution in [0.3, 0.4) is 0 Å². The van der Waals surface area contributed by atoms with Crippen molar-refractivity contribution in [3.05, 3.63) is 0 Å². The normalized spacial score (nSPS) is 16.9. The van der Waals surface area contributed by atoms with Crippen LogP contribution in [0.15, 0.2) is 0 Å². The summed E-state index contributed by atoms with van der Waals surface area (Å²) in [5.41, 5.74) is -0.965. The van der Waals surface area contributed by atoms with E-state index >= 15 is 0 Å². The van der Waals surface area contributed by atoms with Crippen molar-refractivity contribution in [3.8, 4) is 0 Å². The Hall–Kier alpha value is -2.12. The van der Waals surface area contributed by atoms with Crippen LogP contribution in [0.2, 0.25) is 0 Å². The molecule has 8 nitrogen and oxygen atoms in total. The standard InChI is InChI=1S/C14H23N3O5/c1-5-14(6-2)12(21)17(13(22)15-14)7-10(18)16(9(3)4)8-11(19)20/h9H,5-8H2,1-4H3,(H,15,22)(H,19,20). The Morgan fingerprint density at radius 3 is 2.18 bits per heavy atom. The number of carboxylic acids is 1. The van der Waals surface area contributed by atoms with Gasteiger partial charge in [0.2, 0.25) is 5.91 Å². The fourth-order valence-electron chi connectivity index (χ4n) is 2.48. The SMILES string of the molecule is CCC1(CC)NC(=O)N(CC(=O)N(CC(=O)O)C(C)C)C1=O. The van der Waals surface area contributed by atoms with Crippen molar-refractivity contribution in [2.75, 3.05) is 13.1 Å². The number of imide groups is 1. The molecule has 8 heteroatoms. The molecule has 1 fully saturated rings. The van der Waals surface area contributed by atoms with E-state index in [1.54, 1.807) is 27.7 Å². The maximum atomic E-state index is 12.4. The number of aliphatic carboxylic acids is 1. The minimum Gasteiger partial charge on any atom is -0.480 e. The molecule has 0 spiro atoms. The third kappa shape index (κ3) is 3.37. The van der Waals surface area contributed by atoms with Gasteiger partial charge in [0.15, 0.2) is 0 Å². The van der Waals surface area contributed by atoms with Gasteiger partial charge in [-0.05, 0) is 26.7 Å². The highest BCUT2D eigenvalue weighted by atomic mass is 16.4. The second-order valence-electron chi connectivity index (χ2n) is 5.62. The number of urea groups is 1. The number of carbonyl (C=O) groups is 4. The first-order chi connectivity index (χ1) is 10.2. The molecule has 0 atom stereocenters. The predicted molar refractivity (Wildman–Crippen MR) is 78.0 cm³/mol. The monoisotopic (exact) mass is 313 g/mol. The van der Waals surface area contributed by atoms with Crippen LogP contribution in [0.5, 0.6) is 0 Å². The summed E-state index contributed by atoms with van der Waals surface area (Å²) >= 11 is 0. The fourth-order valence-corrected chi connectivity index (χ4v) is 2.48. The molecule has 0 aromatic rings. The lowest BCUT2D eigenvalue weighted by molar-refractivity contribution is -0.147. The number of amides is 4. The molecule has 1 heterocycles. The molecule has 0 aliphatic carbocycles. The van der Waals surface area contributed by atoms with Gasteiger partial charge < -0.3 is 15.3 Å². The lowest BCUT2D eigenvalue weighted by Gasteiger charge is -2.27. The molecule has 0 bridgehead atoms. The molecule has 124 valence electrons. The summed E-state index contributed by atoms with van der Waals surface area (Å²) in [6.45, 7) is 6.02. The molecule has 4 amide bonds. The Labute approximate surface area is 129 Å². The van der Waals surface area contributed by atoms with Crippen molar-refractivity contribution in [3.63, 3.8) is 0 Å². The van der Waals surface area contributed by atoms with Crippen LogP contribution < -0.4 is 5.32 Å². The minimum atomic E-state index is -1.14. The third-order valence-electron chi connectivity index (χ3n) is 4.00. The van der Waals surface area contributed by atoms with Crippen LogP contribution in [-0.4, -0.2) is 63.4 Å². The number of hydrogen-bond acceptors (Lipinski definition) is 4. The Balaban J connectivity index is 2.89. The summed E-state index contributed by atoms with van der Waals surface area (Å²) < 4.78 is 0. The van der Waals surface area contributed by atoms with Crippen molar-refractivity contribution in [2.45, 2.75) is 52.1 Å². The quantitative estimate of drug-likeness (QED) is 0.662. The van der Waals surface area contributed by atoms with E-state index in [1.165, 1.54) is 0 Å². The number of carboxylic acid groups (broad SMARTS) is 1. The van der Waals surface area contributed by atoms with Gasteiger partial charge in [-0.3, -0.25) is 19.3 Å². The van der Waals surface area contributed by atoms with Gasteiger partial charge >= 0.3 is 12.0 Å². The van der Waals surface area contributed by atoms with Crippen LogP contribution in [0.1, 0.15) is 40.5 Å². The fraction of sp³-hybridized carbons (Fsp3) is 0.714. The molecule has 1 rings (SSSR count). The summed E-state index contributed by atoms with van der Waals surface area (Å²) in [6, 6.07) is -0.951. The molecule has 2 N–H and O–H groups in total. The number of nitrogens with zero attached hydrogens (tertiary/aromatic N) is 2. The van der Waals surface area contributed by atoms with E-state index in [4.69, 9.17) is 5.11 Å². The van der Waals surface area contributed by atoms with Crippen LogP contribution in [0.25, 0.3) is 0 Å². The third-order valence-corrected chi connectivity index (χ3v) is 4.00. The molecule has 0 radical (unpaired) electrons. The van der Waals surface area contributed by atoms with E-state index in [1.807, 2.05) is 0 Å².